The van der Waals surface area contributed by atoms with Gasteiger partial charge < -0.3 is 10.6 Å². The predicted molar refractivity (Wildman–Crippen MR) is 92.7 cm³/mol. The van der Waals surface area contributed by atoms with Gasteiger partial charge in [0, 0.05) is 11.4 Å². The molecule has 0 spiro atoms. The maximum absolute atomic E-state index is 6.53. The quantitative estimate of drug-likeness (QED) is 0.796. The van der Waals surface area contributed by atoms with Gasteiger partial charge in [-0.05, 0) is 47.9 Å². The van der Waals surface area contributed by atoms with Gasteiger partial charge in [0.1, 0.15) is 0 Å². The molecule has 0 radical (unpaired) electrons. The van der Waals surface area contributed by atoms with Crippen LogP contribution >= 0.6 is 27.7 Å². The lowest BCUT2D eigenvalue weighted by Crippen LogP contribution is -2.23. The number of likely N-dealkylation sites (N-methyl/N-ethyl adjacent to an activating group) is 1. The van der Waals surface area contributed by atoms with Crippen molar-refractivity contribution in [2.75, 3.05) is 26.9 Å². The Balaban J connectivity index is 2.34. The van der Waals surface area contributed by atoms with Gasteiger partial charge in [0.25, 0.3) is 0 Å². The Morgan fingerprint density at radius 2 is 2.10 bits per heavy atom. The molecule has 0 aliphatic heterocycles. The number of aromatic nitrogens is 2. The van der Waals surface area contributed by atoms with Crippen molar-refractivity contribution in [3.63, 3.8) is 0 Å². The standard InChI is InChI=1S/C15H21BrN4S/c1-19(2)8-9-20-15(12(16)10-18-20)14(17)11-6-4-5-7-13(11)21-3/h4-7,10,14H,8-9,17H2,1-3H3. The van der Waals surface area contributed by atoms with Crippen molar-refractivity contribution in [2.45, 2.75) is 17.5 Å². The summed E-state index contributed by atoms with van der Waals surface area (Å²) in [5.41, 5.74) is 8.69. The van der Waals surface area contributed by atoms with Crippen LogP contribution in [0.25, 0.3) is 0 Å². The fourth-order valence-electron chi connectivity index (χ4n) is 2.22. The maximum atomic E-state index is 6.53. The fourth-order valence-corrected chi connectivity index (χ4v) is 3.41. The largest absolute Gasteiger partial charge is 0.319 e. The Kier molecular flexibility index (Phi) is 5.87. The predicted octanol–water partition coefficient (Wildman–Crippen LogP) is 2.98. The summed E-state index contributed by atoms with van der Waals surface area (Å²) in [7, 11) is 4.11. The van der Waals surface area contributed by atoms with Gasteiger partial charge in [0.2, 0.25) is 0 Å². The monoisotopic (exact) mass is 368 g/mol. The van der Waals surface area contributed by atoms with Gasteiger partial charge in [-0.3, -0.25) is 4.68 Å². The van der Waals surface area contributed by atoms with Crippen LogP contribution in [0.5, 0.6) is 0 Å². The van der Waals surface area contributed by atoms with Crippen LogP contribution in [0, 0.1) is 0 Å². The van der Waals surface area contributed by atoms with Crippen LogP contribution in [-0.2, 0) is 6.54 Å². The van der Waals surface area contributed by atoms with Gasteiger partial charge in [-0.1, -0.05) is 18.2 Å². The van der Waals surface area contributed by atoms with Gasteiger partial charge in [0.05, 0.1) is 29.0 Å². The van der Waals surface area contributed by atoms with Gasteiger partial charge in [-0.25, -0.2) is 0 Å². The van der Waals surface area contributed by atoms with Crippen LogP contribution in [0.15, 0.2) is 39.8 Å². The van der Waals surface area contributed by atoms with Gasteiger partial charge in [-0.2, -0.15) is 5.10 Å². The third kappa shape index (κ3) is 3.88. The molecule has 21 heavy (non-hydrogen) atoms. The van der Waals surface area contributed by atoms with Crippen LogP contribution in [0.2, 0.25) is 0 Å². The zero-order valence-electron chi connectivity index (χ0n) is 12.6. The zero-order valence-corrected chi connectivity index (χ0v) is 15.0. The van der Waals surface area contributed by atoms with Crippen molar-refractivity contribution in [2.24, 2.45) is 5.73 Å². The molecule has 0 aliphatic rings. The number of halogens is 1. The third-order valence-electron chi connectivity index (χ3n) is 3.36. The molecule has 2 rings (SSSR count). The molecule has 0 saturated heterocycles. The van der Waals surface area contributed by atoms with Crippen molar-refractivity contribution >= 4 is 27.7 Å². The molecular weight excluding hydrogens is 348 g/mol. The summed E-state index contributed by atoms with van der Waals surface area (Å²) in [6.07, 6.45) is 3.90. The van der Waals surface area contributed by atoms with Gasteiger partial charge in [-0.15, -0.1) is 11.8 Å². The molecular formula is C15H21BrN4S. The summed E-state index contributed by atoms with van der Waals surface area (Å²) >= 11 is 5.30. The van der Waals surface area contributed by atoms with Crippen molar-refractivity contribution < 1.29 is 0 Å². The van der Waals surface area contributed by atoms with Crippen LogP contribution in [0.1, 0.15) is 17.3 Å². The average molecular weight is 369 g/mol. The molecule has 0 fully saturated rings. The number of hydrogen-bond acceptors (Lipinski definition) is 4. The van der Waals surface area contributed by atoms with E-state index in [0.717, 1.165) is 28.8 Å². The van der Waals surface area contributed by atoms with Crippen molar-refractivity contribution in [3.05, 3.63) is 46.2 Å². The second-order valence-corrected chi connectivity index (χ2v) is 6.83. The molecule has 0 aliphatic carbocycles. The van der Waals surface area contributed by atoms with Crippen molar-refractivity contribution in [3.8, 4) is 0 Å². The number of hydrogen-bond donors (Lipinski definition) is 1. The minimum Gasteiger partial charge on any atom is -0.319 e. The minimum atomic E-state index is -0.187. The van der Waals surface area contributed by atoms with E-state index in [1.54, 1.807) is 11.8 Å². The molecule has 1 heterocycles. The second-order valence-electron chi connectivity index (χ2n) is 5.12. The normalized spacial score (nSPS) is 12.9. The number of nitrogens with two attached hydrogens (primary N) is 1. The Morgan fingerprint density at radius 3 is 2.76 bits per heavy atom. The summed E-state index contributed by atoms with van der Waals surface area (Å²) in [5.74, 6) is 0. The molecule has 114 valence electrons. The highest BCUT2D eigenvalue weighted by molar-refractivity contribution is 9.10. The Labute approximate surface area is 138 Å². The fraction of sp³-hybridized carbons (Fsp3) is 0.400. The first-order valence-corrected chi connectivity index (χ1v) is 8.80. The van der Waals surface area contributed by atoms with E-state index in [1.807, 2.05) is 23.0 Å². The average Bonchev–Trinajstić information content (AvgIpc) is 2.85. The van der Waals surface area contributed by atoms with Crippen LogP contribution < -0.4 is 5.73 Å². The summed E-state index contributed by atoms with van der Waals surface area (Å²) in [6, 6.07) is 8.08. The minimum absolute atomic E-state index is 0.187. The van der Waals surface area contributed by atoms with E-state index >= 15 is 0 Å². The summed E-state index contributed by atoms with van der Waals surface area (Å²) < 4.78 is 2.95. The number of benzene rings is 1. The first-order chi connectivity index (χ1) is 10.0. The SMILES string of the molecule is CSc1ccccc1C(N)c1c(Br)cnn1CCN(C)C. The van der Waals surface area contributed by atoms with Gasteiger partial charge in [0.15, 0.2) is 0 Å². The highest BCUT2D eigenvalue weighted by atomic mass is 79.9. The first kappa shape index (κ1) is 16.5. The molecule has 1 aromatic carbocycles. The summed E-state index contributed by atoms with van der Waals surface area (Å²) in [4.78, 5) is 3.35. The van der Waals surface area contributed by atoms with E-state index in [1.165, 1.54) is 4.90 Å². The molecule has 0 amide bonds. The van der Waals surface area contributed by atoms with E-state index < -0.39 is 0 Å². The van der Waals surface area contributed by atoms with Crippen molar-refractivity contribution in [1.82, 2.24) is 14.7 Å². The topological polar surface area (TPSA) is 47.1 Å². The lowest BCUT2D eigenvalue weighted by molar-refractivity contribution is 0.368. The Morgan fingerprint density at radius 1 is 1.38 bits per heavy atom. The van der Waals surface area contributed by atoms with Crippen molar-refractivity contribution in [1.29, 1.82) is 0 Å². The maximum Gasteiger partial charge on any atom is 0.0745 e. The zero-order chi connectivity index (χ0) is 15.4. The lowest BCUT2D eigenvalue weighted by Gasteiger charge is -2.19. The molecule has 2 N–H and O–H groups in total. The van der Waals surface area contributed by atoms with Crippen LogP contribution in [-0.4, -0.2) is 41.6 Å². The first-order valence-electron chi connectivity index (χ1n) is 6.79. The third-order valence-corrected chi connectivity index (χ3v) is 4.78. The smallest absolute Gasteiger partial charge is 0.0745 e. The van der Waals surface area contributed by atoms with E-state index in [0.29, 0.717) is 0 Å². The molecule has 1 aromatic heterocycles. The lowest BCUT2D eigenvalue weighted by atomic mass is 10.0. The number of thioether (sulfide) groups is 1. The highest BCUT2D eigenvalue weighted by Gasteiger charge is 2.20. The highest BCUT2D eigenvalue weighted by Crippen LogP contribution is 2.32. The number of nitrogens with zero attached hydrogens (tertiary/aromatic N) is 3. The molecule has 0 bridgehead atoms. The molecule has 2 aromatic rings. The molecule has 0 saturated carbocycles. The molecule has 6 heteroatoms. The molecule has 4 nitrogen and oxygen atoms in total. The summed E-state index contributed by atoms with van der Waals surface area (Å²) in [5, 5.41) is 4.45. The number of rotatable bonds is 6. The molecule has 1 atom stereocenters. The Bertz CT molecular complexity index is 597. The van der Waals surface area contributed by atoms with Gasteiger partial charge >= 0.3 is 0 Å². The van der Waals surface area contributed by atoms with E-state index in [-0.39, 0.29) is 6.04 Å². The second kappa shape index (κ2) is 7.45. The Hall–Kier alpha value is -0.820. The van der Waals surface area contributed by atoms with E-state index in [2.05, 4.69) is 58.4 Å². The van der Waals surface area contributed by atoms with Crippen LogP contribution in [0.4, 0.5) is 0 Å². The molecule has 1 unspecified atom stereocenters. The van der Waals surface area contributed by atoms with E-state index in [4.69, 9.17) is 5.73 Å². The van der Waals surface area contributed by atoms with E-state index in [9.17, 15) is 0 Å². The van der Waals surface area contributed by atoms with Crippen LogP contribution in [0.3, 0.4) is 0 Å². The summed E-state index contributed by atoms with van der Waals surface area (Å²) in [6.45, 7) is 1.75.